The van der Waals surface area contributed by atoms with E-state index in [0.29, 0.717) is 29.1 Å². The molecule has 1 saturated carbocycles. The molecule has 5 heteroatoms. The Balaban J connectivity index is 1.46. The van der Waals surface area contributed by atoms with Gasteiger partial charge in [-0.05, 0) is 31.0 Å². The quantitative estimate of drug-likeness (QED) is 0.872. The Morgan fingerprint density at radius 1 is 1.26 bits per heavy atom. The molecule has 100 valence electrons. The predicted octanol–water partition coefficient (Wildman–Crippen LogP) is 1.32. The van der Waals surface area contributed by atoms with Crippen LogP contribution in [0.4, 0.5) is 0 Å². The zero-order valence-electron chi connectivity index (χ0n) is 10.4. The lowest BCUT2D eigenvalue weighted by molar-refractivity contribution is 0.00809. The average Bonchev–Trinajstić information content (AvgIpc) is 3.00. The molecule has 0 bridgehead atoms. The third kappa shape index (κ3) is 1.76. The van der Waals surface area contributed by atoms with E-state index < -0.39 is 0 Å². The molecule has 2 heterocycles. The molecule has 0 radical (unpaired) electrons. The van der Waals surface area contributed by atoms with E-state index >= 15 is 0 Å². The van der Waals surface area contributed by atoms with Gasteiger partial charge in [0.25, 0.3) is 5.91 Å². The van der Waals surface area contributed by atoms with Crippen LogP contribution in [-0.4, -0.2) is 31.5 Å². The normalized spacial score (nSPS) is 30.6. The van der Waals surface area contributed by atoms with E-state index in [-0.39, 0.29) is 18.7 Å². The summed E-state index contributed by atoms with van der Waals surface area (Å²) in [5, 5.41) is 3.08. The summed E-state index contributed by atoms with van der Waals surface area (Å²) < 4.78 is 16.1. The van der Waals surface area contributed by atoms with Crippen molar-refractivity contribution in [3.8, 4) is 11.5 Å². The molecule has 1 amide bonds. The predicted molar refractivity (Wildman–Crippen MR) is 66.3 cm³/mol. The summed E-state index contributed by atoms with van der Waals surface area (Å²) in [5.74, 6) is 1.79. The number of fused-ring (bicyclic) bond motifs is 2. The van der Waals surface area contributed by atoms with Crippen LogP contribution in [0.3, 0.4) is 0 Å². The van der Waals surface area contributed by atoms with Gasteiger partial charge in [0.05, 0.1) is 6.10 Å². The molecule has 0 spiro atoms. The van der Waals surface area contributed by atoms with Crippen LogP contribution in [0.25, 0.3) is 0 Å². The lowest BCUT2D eigenvalue weighted by Crippen LogP contribution is -2.53. The van der Waals surface area contributed by atoms with Crippen LogP contribution < -0.4 is 14.8 Å². The summed E-state index contributed by atoms with van der Waals surface area (Å²) in [4.78, 5) is 12.2. The number of hydrogen-bond acceptors (Lipinski definition) is 4. The topological polar surface area (TPSA) is 56.8 Å². The van der Waals surface area contributed by atoms with Crippen LogP contribution in [-0.2, 0) is 4.74 Å². The molecule has 1 aromatic rings. The number of benzene rings is 1. The summed E-state index contributed by atoms with van der Waals surface area (Å²) in [5.41, 5.74) is 0.617. The molecular formula is C14H15NO4. The molecule has 2 fully saturated rings. The SMILES string of the molecule is O=C(N[C@@H]1C[C@H]2OCC[C@@H]12)c1ccc2c(c1)OCO2. The van der Waals surface area contributed by atoms with Gasteiger partial charge in [-0.3, -0.25) is 4.79 Å². The minimum Gasteiger partial charge on any atom is -0.454 e. The van der Waals surface area contributed by atoms with Gasteiger partial charge in [0.1, 0.15) is 0 Å². The molecule has 5 nitrogen and oxygen atoms in total. The minimum absolute atomic E-state index is 0.0475. The Labute approximate surface area is 110 Å². The second-order valence-corrected chi connectivity index (χ2v) is 5.25. The standard InChI is InChI=1S/C14H15NO4/c16-14(15-10-6-12-9(10)3-4-17-12)8-1-2-11-13(5-8)19-7-18-11/h1-2,5,9-10,12H,3-4,6-7H2,(H,15,16)/t9-,10+,12+/m0/s1. The van der Waals surface area contributed by atoms with Gasteiger partial charge >= 0.3 is 0 Å². The van der Waals surface area contributed by atoms with Crippen LogP contribution in [0, 0.1) is 5.92 Å². The number of carbonyl (C=O) groups is 1. The van der Waals surface area contributed by atoms with Crippen LogP contribution in [0.15, 0.2) is 18.2 Å². The zero-order chi connectivity index (χ0) is 12.8. The van der Waals surface area contributed by atoms with Gasteiger partial charge in [0.2, 0.25) is 6.79 Å². The first-order valence-electron chi connectivity index (χ1n) is 6.63. The Kier molecular flexibility index (Phi) is 2.41. The van der Waals surface area contributed by atoms with Gasteiger partial charge in [-0.25, -0.2) is 0 Å². The van der Waals surface area contributed by atoms with E-state index in [1.165, 1.54) is 0 Å². The highest BCUT2D eigenvalue weighted by Crippen LogP contribution is 2.39. The fourth-order valence-corrected chi connectivity index (χ4v) is 3.05. The molecular weight excluding hydrogens is 246 g/mol. The van der Waals surface area contributed by atoms with Crippen LogP contribution >= 0.6 is 0 Å². The molecule has 1 aromatic carbocycles. The summed E-state index contributed by atoms with van der Waals surface area (Å²) >= 11 is 0. The first-order valence-corrected chi connectivity index (χ1v) is 6.63. The highest BCUT2D eigenvalue weighted by Gasteiger charge is 2.45. The molecule has 1 N–H and O–H groups in total. The zero-order valence-corrected chi connectivity index (χ0v) is 10.4. The lowest BCUT2D eigenvalue weighted by atomic mass is 9.76. The Morgan fingerprint density at radius 2 is 2.16 bits per heavy atom. The van der Waals surface area contributed by atoms with E-state index in [1.807, 2.05) is 0 Å². The van der Waals surface area contributed by atoms with Gasteiger partial charge in [0.15, 0.2) is 11.5 Å². The summed E-state index contributed by atoms with van der Waals surface area (Å²) in [6.45, 7) is 1.05. The Hall–Kier alpha value is -1.75. The van der Waals surface area contributed by atoms with Crippen LogP contribution in [0.1, 0.15) is 23.2 Å². The molecule has 4 rings (SSSR count). The van der Waals surface area contributed by atoms with Crippen molar-refractivity contribution in [2.24, 2.45) is 5.92 Å². The van der Waals surface area contributed by atoms with Crippen molar-refractivity contribution in [2.45, 2.75) is 25.0 Å². The fourth-order valence-electron chi connectivity index (χ4n) is 3.05. The first kappa shape index (κ1) is 11.1. The number of carbonyl (C=O) groups excluding carboxylic acids is 1. The van der Waals surface area contributed by atoms with Crippen LogP contribution in [0.5, 0.6) is 11.5 Å². The fraction of sp³-hybridized carbons (Fsp3) is 0.500. The number of rotatable bonds is 2. The Bertz CT molecular complexity index is 530. The second kappa shape index (κ2) is 4.13. The molecule has 1 aliphatic carbocycles. The lowest BCUT2D eigenvalue weighted by Gasteiger charge is -2.39. The van der Waals surface area contributed by atoms with Crippen molar-refractivity contribution >= 4 is 5.91 Å². The van der Waals surface area contributed by atoms with E-state index in [2.05, 4.69) is 5.32 Å². The first-order chi connectivity index (χ1) is 9.31. The van der Waals surface area contributed by atoms with Crippen molar-refractivity contribution in [2.75, 3.05) is 13.4 Å². The molecule has 3 atom stereocenters. The molecule has 0 aromatic heterocycles. The van der Waals surface area contributed by atoms with E-state index in [9.17, 15) is 4.79 Å². The number of hydrogen-bond donors (Lipinski definition) is 1. The van der Waals surface area contributed by atoms with Gasteiger partial charge in [-0.2, -0.15) is 0 Å². The second-order valence-electron chi connectivity index (χ2n) is 5.25. The van der Waals surface area contributed by atoms with Gasteiger partial charge in [-0.15, -0.1) is 0 Å². The Morgan fingerprint density at radius 3 is 3.05 bits per heavy atom. The van der Waals surface area contributed by atoms with E-state index in [1.54, 1.807) is 18.2 Å². The summed E-state index contributed by atoms with van der Waals surface area (Å²) in [6, 6.07) is 5.54. The van der Waals surface area contributed by atoms with Crippen molar-refractivity contribution in [3.05, 3.63) is 23.8 Å². The minimum atomic E-state index is -0.0475. The molecule has 1 saturated heterocycles. The maximum absolute atomic E-state index is 12.2. The van der Waals surface area contributed by atoms with Gasteiger partial charge in [0, 0.05) is 24.1 Å². The number of amides is 1. The third-order valence-corrected chi connectivity index (χ3v) is 4.21. The van der Waals surface area contributed by atoms with Gasteiger partial charge in [-0.1, -0.05) is 0 Å². The monoisotopic (exact) mass is 261 g/mol. The highest BCUT2D eigenvalue weighted by atomic mass is 16.7. The number of ether oxygens (including phenoxy) is 3. The summed E-state index contributed by atoms with van der Waals surface area (Å²) in [6.07, 6.45) is 2.35. The largest absolute Gasteiger partial charge is 0.454 e. The molecule has 19 heavy (non-hydrogen) atoms. The van der Waals surface area contributed by atoms with Crippen molar-refractivity contribution in [1.29, 1.82) is 0 Å². The maximum Gasteiger partial charge on any atom is 0.251 e. The van der Waals surface area contributed by atoms with Crippen molar-refractivity contribution in [3.63, 3.8) is 0 Å². The molecule has 2 aliphatic heterocycles. The van der Waals surface area contributed by atoms with Crippen molar-refractivity contribution in [1.82, 2.24) is 5.32 Å². The molecule has 3 aliphatic rings. The van der Waals surface area contributed by atoms with E-state index in [0.717, 1.165) is 19.4 Å². The maximum atomic E-state index is 12.2. The highest BCUT2D eigenvalue weighted by molar-refractivity contribution is 5.95. The third-order valence-electron chi connectivity index (χ3n) is 4.21. The van der Waals surface area contributed by atoms with Crippen molar-refractivity contribution < 1.29 is 19.0 Å². The summed E-state index contributed by atoms with van der Waals surface area (Å²) in [7, 11) is 0. The smallest absolute Gasteiger partial charge is 0.251 e. The number of nitrogens with one attached hydrogen (secondary N) is 1. The molecule has 0 unspecified atom stereocenters. The van der Waals surface area contributed by atoms with Gasteiger partial charge < -0.3 is 19.5 Å². The van der Waals surface area contributed by atoms with Crippen LogP contribution in [0.2, 0.25) is 0 Å². The average molecular weight is 261 g/mol. The van der Waals surface area contributed by atoms with E-state index in [4.69, 9.17) is 14.2 Å².